The summed E-state index contributed by atoms with van der Waals surface area (Å²) in [4.78, 5) is 12.7. The summed E-state index contributed by atoms with van der Waals surface area (Å²) in [5, 5.41) is 6.67. The monoisotopic (exact) mass is 338 g/mol. The van der Waals surface area contributed by atoms with Gasteiger partial charge in [0.15, 0.2) is 0 Å². The van der Waals surface area contributed by atoms with E-state index >= 15 is 0 Å². The second kappa shape index (κ2) is 4.54. The van der Waals surface area contributed by atoms with Crippen molar-refractivity contribution < 1.29 is 9.53 Å². The maximum absolute atomic E-state index is 12.7. The zero-order valence-electron chi connectivity index (χ0n) is 12.9. The molecule has 2 heterocycles. The van der Waals surface area contributed by atoms with Gasteiger partial charge in [-0.25, -0.2) is 4.79 Å². The Kier molecular flexibility index (Phi) is 3.02. The third-order valence-corrected chi connectivity index (χ3v) is 7.39. The van der Waals surface area contributed by atoms with Gasteiger partial charge in [0.1, 0.15) is 16.3 Å². The summed E-state index contributed by atoms with van der Waals surface area (Å²) in [5.74, 6) is 1.56. The molecule has 2 aliphatic carbocycles. The molecule has 4 rings (SSSR count). The maximum Gasteiger partial charge on any atom is 0.343 e. The van der Waals surface area contributed by atoms with E-state index in [1.807, 2.05) is 11.8 Å². The van der Waals surface area contributed by atoms with Crippen molar-refractivity contribution in [1.82, 2.24) is 9.78 Å². The van der Waals surface area contributed by atoms with Crippen LogP contribution in [0.25, 0.3) is 0 Å². The Morgan fingerprint density at radius 2 is 2.27 bits per heavy atom. The second-order valence-electron chi connectivity index (χ2n) is 7.07. The first kappa shape index (κ1) is 14.6. The molecule has 2 saturated carbocycles. The molecule has 2 fully saturated rings. The van der Waals surface area contributed by atoms with Crippen molar-refractivity contribution in [3.05, 3.63) is 27.9 Å². The highest BCUT2D eigenvalue weighted by Gasteiger charge is 2.69. The molecular formula is C16H19ClN2O2S. The van der Waals surface area contributed by atoms with Crippen LogP contribution in [0, 0.1) is 17.3 Å². The first-order valence-electron chi connectivity index (χ1n) is 7.61. The number of carbonyl (C=O) groups is 1. The largest absolute Gasteiger partial charge is 0.454 e. The number of esters is 1. The van der Waals surface area contributed by atoms with Crippen LogP contribution in [0.15, 0.2) is 17.2 Å². The highest BCUT2D eigenvalue weighted by Crippen LogP contribution is 2.69. The van der Waals surface area contributed by atoms with Gasteiger partial charge in [-0.15, -0.1) is 11.8 Å². The fourth-order valence-electron chi connectivity index (χ4n) is 4.72. The number of aromatic nitrogens is 2. The van der Waals surface area contributed by atoms with E-state index in [4.69, 9.17) is 16.3 Å². The lowest BCUT2D eigenvalue weighted by Gasteiger charge is -2.40. The predicted octanol–water partition coefficient (Wildman–Crippen LogP) is 3.67. The van der Waals surface area contributed by atoms with Crippen LogP contribution in [0.3, 0.4) is 0 Å². The minimum atomic E-state index is -0.400. The van der Waals surface area contributed by atoms with Crippen molar-refractivity contribution in [2.45, 2.75) is 32.3 Å². The van der Waals surface area contributed by atoms with Gasteiger partial charge in [0.2, 0.25) is 0 Å². The highest BCUT2D eigenvalue weighted by molar-refractivity contribution is 8.02. The van der Waals surface area contributed by atoms with Crippen molar-refractivity contribution in [3.63, 3.8) is 0 Å². The summed E-state index contributed by atoms with van der Waals surface area (Å²) in [6, 6.07) is 0. The molecular weight excluding hydrogens is 320 g/mol. The van der Waals surface area contributed by atoms with Crippen LogP contribution in [0.4, 0.5) is 0 Å². The quantitative estimate of drug-likeness (QED) is 0.772. The first-order chi connectivity index (χ1) is 10.4. The fourth-order valence-corrected chi connectivity index (χ4v) is 6.17. The molecule has 6 heteroatoms. The maximum atomic E-state index is 12.7. The SMILES string of the molecule is Cn1ncc(C(=O)OC23CCC(C4=CSCC42)C3(C)C)c1Cl. The zero-order chi connectivity index (χ0) is 15.7. The molecule has 0 radical (unpaired) electrons. The minimum absolute atomic E-state index is 0.0190. The summed E-state index contributed by atoms with van der Waals surface area (Å²) in [6.45, 7) is 4.49. The Morgan fingerprint density at radius 3 is 2.95 bits per heavy atom. The van der Waals surface area contributed by atoms with Gasteiger partial charge in [0.25, 0.3) is 0 Å². The van der Waals surface area contributed by atoms with E-state index in [1.54, 1.807) is 7.05 Å². The van der Waals surface area contributed by atoms with Crippen molar-refractivity contribution in [2.75, 3.05) is 5.75 Å². The molecule has 4 nitrogen and oxygen atoms in total. The summed E-state index contributed by atoms with van der Waals surface area (Å²) >= 11 is 8.00. The van der Waals surface area contributed by atoms with Crippen LogP contribution in [0.1, 0.15) is 37.0 Å². The van der Waals surface area contributed by atoms with E-state index in [0.29, 0.717) is 22.6 Å². The molecule has 3 aliphatic rings. The van der Waals surface area contributed by atoms with Gasteiger partial charge < -0.3 is 4.74 Å². The minimum Gasteiger partial charge on any atom is -0.454 e. The van der Waals surface area contributed by atoms with Gasteiger partial charge in [-0.3, -0.25) is 4.68 Å². The number of halogens is 1. The highest BCUT2D eigenvalue weighted by atomic mass is 35.5. The van der Waals surface area contributed by atoms with E-state index in [0.717, 1.165) is 18.6 Å². The zero-order valence-corrected chi connectivity index (χ0v) is 14.5. The van der Waals surface area contributed by atoms with Crippen molar-refractivity contribution in [1.29, 1.82) is 0 Å². The number of fused-ring (bicyclic) bond motifs is 5. The lowest BCUT2D eigenvalue weighted by Crippen LogP contribution is -2.47. The number of rotatable bonds is 2. The summed E-state index contributed by atoms with van der Waals surface area (Å²) < 4.78 is 7.66. The smallest absolute Gasteiger partial charge is 0.343 e. The molecule has 0 saturated heterocycles. The van der Waals surface area contributed by atoms with Crippen molar-refractivity contribution >= 4 is 29.3 Å². The van der Waals surface area contributed by atoms with E-state index in [2.05, 4.69) is 24.4 Å². The molecule has 22 heavy (non-hydrogen) atoms. The van der Waals surface area contributed by atoms with Gasteiger partial charge in [0, 0.05) is 24.1 Å². The normalized spacial score (nSPS) is 34.6. The van der Waals surface area contributed by atoms with Gasteiger partial charge in [-0.05, 0) is 24.2 Å². The molecule has 0 spiro atoms. The number of hydrogen-bond acceptors (Lipinski definition) is 4. The van der Waals surface area contributed by atoms with E-state index in [-0.39, 0.29) is 11.4 Å². The van der Waals surface area contributed by atoms with Crippen LogP contribution in [-0.2, 0) is 11.8 Å². The van der Waals surface area contributed by atoms with Gasteiger partial charge >= 0.3 is 5.97 Å². The molecule has 0 amide bonds. The average Bonchev–Trinajstić information content (AvgIpc) is 3.15. The predicted molar refractivity (Wildman–Crippen MR) is 86.9 cm³/mol. The van der Waals surface area contributed by atoms with E-state index in [9.17, 15) is 4.79 Å². The number of nitrogens with zero attached hydrogens (tertiary/aromatic N) is 2. The molecule has 1 aromatic heterocycles. The van der Waals surface area contributed by atoms with Crippen LogP contribution in [0.2, 0.25) is 5.15 Å². The lowest BCUT2D eigenvalue weighted by atomic mass is 9.75. The van der Waals surface area contributed by atoms with Crippen molar-refractivity contribution in [3.8, 4) is 0 Å². The third-order valence-electron chi connectivity index (χ3n) is 5.98. The number of hydrogen-bond donors (Lipinski definition) is 0. The van der Waals surface area contributed by atoms with Gasteiger partial charge in [-0.1, -0.05) is 31.0 Å². The molecule has 3 atom stereocenters. The molecule has 0 aromatic carbocycles. The summed E-state index contributed by atoms with van der Waals surface area (Å²) in [7, 11) is 1.72. The third kappa shape index (κ3) is 1.61. The Hall–Kier alpha value is -0.940. The topological polar surface area (TPSA) is 44.1 Å². The van der Waals surface area contributed by atoms with E-state index in [1.165, 1.54) is 16.5 Å². The molecule has 0 N–H and O–H groups in total. The molecule has 1 aliphatic heterocycles. The van der Waals surface area contributed by atoms with Crippen LogP contribution >= 0.6 is 23.4 Å². The molecule has 3 unspecified atom stereocenters. The standard InChI is InChI=1S/C16H19ClN2O2S/c1-15(2)11-4-5-16(15,12-8-22-7-10(11)12)21-14(20)9-6-18-19(3)13(9)17/h6-7,11-12H,4-5,8H2,1-3H3. The van der Waals surface area contributed by atoms with Crippen molar-refractivity contribution in [2.24, 2.45) is 24.3 Å². The number of thioether (sulfide) groups is 1. The first-order valence-corrected chi connectivity index (χ1v) is 9.03. The number of ether oxygens (including phenoxy) is 1. The van der Waals surface area contributed by atoms with Crippen LogP contribution < -0.4 is 0 Å². The Bertz CT molecular complexity index is 696. The summed E-state index contributed by atoms with van der Waals surface area (Å²) in [5.41, 5.74) is 1.44. The fraction of sp³-hybridized carbons (Fsp3) is 0.625. The van der Waals surface area contributed by atoms with Gasteiger partial charge in [0.05, 0.1) is 6.20 Å². The number of carbonyl (C=O) groups excluding carboxylic acids is 1. The molecule has 118 valence electrons. The average molecular weight is 339 g/mol. The van der Waals surface area contributed by atoms with Crippen LogP contribution in [0.5, 0.6) is 0 Å². The second-order valence-corrected chi connectivity index (χ2v) is 8.33. The van der Waals surface area contributed by atoms with Crippen LogP contribution in [-0.4, -0.2) is 27.1 Å². The Labute approximate surface area is 139 Å². The number of aryl methyl sites for hydroxylation is 1. The summed E-state index contributed by atoms with van der Waals surface area (Å²) in [6.07, 6.45) is 3.54. The lowest BCUT2D eigenvalue weighted by molar-refractivity contribution is -0.0776. The Balaban J connectivity index is 1.71. The Morgan fingerprint density at radius 1 is 1.50 bits per heavy atom. The molecule has 1 aromatic rings. The van der Waals surface area contributed by atoms with E-state index < -0.39 is 5.60 Å². The molecule has 2 bridgehead atoms. The van der Waals surface area contributed by atoms with Gasteiger partial charge in [-0.2, -0.15) is 5.10 Å².